The van der Waals surface area contributed by atoms with Crippen molar-refractivity contribution >= 4 is 17.9 Å². The summed E-state index contributed by atoms with van der Waals surface area (Å²) < 4.78 is 0. The second-order valence-electron chi connectivity index (χ2n) is 2.72. The largest absolute Gasteiger partial charge is 0.294 e. The van der Waals surface area contributed by atoms with Gasteiger partial charge >= 0.3 is 0 Å². The van der Waals surface area contributed by atoms with Crippen molar-refractivity contribution in [2.75, 3.05) is 0 Å². The third-order valence-electron chi connectivity index (χ3n) is 1.64. The first-order valence-electron chi connectivity index (χ1n) is 4.24. The molecule has 0 aromatic rings. The van der Waals surface area contributed by atoms with Crippen LogP contribution in [0, 0.1) is 0 Å². The molecular weight excluding hydrogens is 156 g/mol. The molecule has 0 amide bonds. The van der Waals surface area contributed by atoms with Gasteiger partial charge in [0.1, 0.15) is 0 Å². The molecular formula is C9H14O3. The first-order chi connectivity index (χ1) is 5.72. The minimum Gasteiger partial charge on any atom is -0.294 e. The maximum atomic E-state index is 10.8. The predicted molar refractivity (Wildman–Crippen MR) is 44.8 cm³/mol. The van der Waals surface area contributed by atoms with Gasteiger partial charge in [0.2, 0.25) is 5.78 Å². The Kier molecular flexibility index (Phi) is 6.15. The number of aldehydes is 1. The maximum Gasteiger partial charge on any atom is 0.260 e. The normalized spacial score (nSPS) is 9.42. The molecule has 0 spiro atoms. The number of Topliss-reactive ketones (excluding diaryl/α,β-unsaturated/α-hetero) is 2. The molecule has 0 radical (unpaired) electrons. The van der Waals surface area contributed by atoms with Crippen LogP contribution in [0.2, 0.25) is 0 Å². The van der Waals surface area contributed by atoms with E-state index in [9.17, 15) is 14.4 Å². The van der Waals surface area contributed by atoms with Gasteiger partial charge in [-0.15, -0.1) is 0 Å². The Morgan fingerprint density at radius 1 is 1.17 bits per heavy atom. The van der Waals surface area contributed by atoms with E-state index in [1.807, 2.05) is 0 Å². The first-order valence-corrected chi connectivity index (χ1v) is 4.24. The second kappa shape index (κ2) is 6.70. The van der Waals surface area contributed by atoms with Gasteiger partial charge in [0.25, 0.3) is 5.78 Å². The van der Waals surface area contributed by atoms with Gasteiger partial charge in [0.15, 0.2) is 6.29 Å². The third kappa shape index (κ3) is 4.77. The van der Waals surface area contributed by atoms with Gasteiger partial charge in [-0.2, -0.15) is 0 Å². The number of carbonyl (C=O) groups excluding carboxylic acids is 3. The van der Waals surface area contributed by atoms with Crippen molar-refractivity contribution in [3.05, 3.63) is 0 Å². The van der Waals surface area contributed by atoms with Crippen LogP contribution in [0.1, 0.15) is 39.0 Å². The lowest BCUT2D eigenvalue weighted by Crippen LogP contribution is -2.14. The molecule has 0 N–H and O–H groups in total. The molecule has 0 saturated heterocycles. The van der Waals surface area contributed by atoms with Crippen LogP contribution in [0.5, 0.6) is 0 Å². The van der Waals surface area contributed by atoms with E-state index >= 15 is 0 Å². The van der Waals surface area contributed by atoms with Crippen molar-refractivity contribution in [3.8, 4) is 0 Å². The summed E-state index contributed by atoms with van der Waals surface area (Å²) in [6, 6.07) is 0. The van der Waals surface area contributed by atoms with Crippen molar-refractivity contribution in [2.24, 2.45) is 0 Å². The number of carbonyl (C=O) groups is 3. The number of rotatable bonds is 7. The minimum absolute atomic E-state index is 0.0855. The Balaban J connectivity index is 3.44. The van der Waals surface area contributed by atoms with E-state index < -0.39 is 11.6 Å². The monoisotopic (exact) mass is 170 g/mol. The Morgan fingerprint density at radius 3 is 2.33 bits per heavy atom. The Labute approximate surface area is 72.1 Å². The summed E-state index contributed by atoms with van der Waals surface area (Å²) in [4.78, 5) is 31.1. The predicted octanol–water partition coefficient (Wildman–Crippen LogP) is 1.29. The molecule has 68 valence electrons. The maximum absolute atomic E-state index is 10.8. The average molecular weight is 170 g/mol. The van der Waals surface area contributed by atoms with Crippen LogP contribution in [-0.2, 0) is 14.4 Å². The Bertz CT molecular complexity index is 173. The van der Waals surface area contributed by atoms with E-state index in [0.717, 1.165) is 19.3 Å². The molecule has 3 nitrogen and oxygen atoms in total. The average Bonchev–Trinajstić information content (AvgIpc) is 2.10. The van der Waals surface area contributed by atoms with Crippen molar-refractivity contribution in [2.45, 2.75) is 39.0 Å². The van der Waals surface area contributed by atoms with Gasteiger partial charge in [-0.25, -0.2) is 0 Å². The molecule has 0 rings (SSSR count). The van der Waals surface area contributed by atoms with Crippen molar-refractivity contribution in [1.82, 2.24) is 0 Å². The summed E-state index contributed by atoms with van der Waals surface area (Å²) in [7, 11) is 0. The quantitative estimate of drug-likeness (QED) is 0.250. The first kappa shape index (κ1) is 11.0. The fourth-order valence-corrected chi connectivity index (χ4v) is 0.901. The number of hydrogen-bond acceptors (Lipinski definition) is 3. The van der Waals surface area contributed by atoms with E-state index in [1.54, 1.807) is 0 Å². The Morgan fingerprint density at radius 2 is 1.83 bits per heavy atom. The highest BCUT2D eigenvalue weighted by atomic mass is 16.2. The fourth-order valence-electron chi connectivity index (χ4n) is 0.901. The molecule has 0 saturated carbocycles. The molecule has 0 aromatic carbocycles. The van der Waals surface area contributed by atoms with E-state index in [1.165, 1.54) is 0 Å². The van der Waals surface area contributed by atoms with Crippen LogP contribution in [0.15, 0.2) is 0 Å². The second-order valence-corrected chi connectivity index (χ2v) is 2.72. The highest BCUT2D eigenvalue weighted by molar-refractivity contribution is 6.57. The lowest BCUT2D eigenvalue weighted by molar-refractivity contribution is -0.140. The van der Waals surface area contributed by atoms with Crippen LogP contribution < -0.4 is 0 Å². The molecule has 0 aliphatic heterocycles. The lowest BCUT2D eigenvalue weighted by atomic mass is 10.1. The van der Waals surface area contributed by atoms with E-state index in [2.05, 4.69) is 6.92 Å². The molecule has 0 unspecified atom stereocenters. The highest BCUT2D eigenvalue weighted by Crippen LogP contribution is 2.02. The zero-order chi connectivity index (χ0) is 9.40. The zero-order valence-corrected chi connectivity index (χ0v) is 7.34. The summed E-state index contributed by atoms with van der Waals surface area (Å²) in [5.74, 6) is -1.45. The van der Waals surface area contributed by atoms with Gasteiger partial charge < -0.3 is 0 Å². The molecule has 0 fully saturated rings. The Hall–Kier alpha value is -0.990. The van der Waals surface area contributed by atoms with Crippen LogP contribution in [0.25, 0.3) is 0 Å². The van der Waals surface area contributed by atoms with Crippen LogP contribution >= 0.6 is 0 Å². The van der Waals surface area contributed by atoms with Gasteiger partial charge in [-0.1, -0.05) is 26.2 Å². The third-order valence-corrected chi connectivity index (χ3v) is 1.64. The highest BCUT2D eigenvalue weighted by Gasteiger charge is 2.10. The smallest absolute Gasteiger partial charge is 0.260 e. The van der Waals surface area contributed by atoms with Crippen LogP contribution in [0.3, 0.4) is 0 Å². The SMILES string of the molecule is CCCCCCC(=O)C(=O)C=O. The molecule has 0 atom stereocenters. The van der Waals surface area contributed by atoms with E-state index in [0.29, 0.717) is 6.42 Å². The molecule has 12 heavy (non-hydrogen) atoms. The van der Waals surface area contributed by atoms with Crippen molar-refractivity contribution in [3.63, 3.8) is 0 Å². The molecule has 0 bridgehead atoms. The van der Waals surface area contributed by atoms with Crippen LogP contribution in [0.4, 0.5) is 0 Å². The summed E-state index contributed by atoms with van der Waals surface area (Å²) in [5, 5.41) is 0. The minimum atomic E-state index is -0.897. The lowest BCUT2D eigenvalue weighted by Gasteiger charge is -1.95. The standard InChI is InChI=1S/C9H14O3/c1-2-3-4-5-6-8(11)9(12)7-10/h7H,2-6H2,1H3. The molecule has 0 aliphatic rings. The zero-order valence-electron chi connectivity index (χ0n) is 7.34. The summed E-state index contributed by atoms with van der Waals surface area (Å²) >= 11 is 0. The van der Waals surface area contributed by atoms with E-state index in [-0.39, 0.29) is 12.7 Å². The summed E-state index contributed by atoms with van der Waals surface area (Å²) in [6.07, 6.45) is 4.14. The molecule has 0 aliphatic carbocycles. The van der Waals surface area contributed by atoms with Gasteiger partial charge in [0.05, 0.1) is 0 Å². The number of unbranched alkanes of at least 4 members (excludes halogenated alkanes) is 3. The fraction of sp³-hybridized carbons (Fsp3) is 0.667. The number of ketones is 2. The summed E-state index contributed by atoms with van der Waals surface area (Å²) in [5.41, 5.74) is 0. The molecule has 0 aromatic heterocycles. The van der Waals surface area contributed by atoms with Crippen LogP contribution in [-0.4, -0.2) is 17.9 Å². The summed E-state index contributed by atoms with van der Waals surface area (Å²) in [6.45, 7) is 2.07. The van der Waals surface area contributed by atoms with E-state index in [4.69, 9.17) is 0 Å². The number of hydrogen-bond donors (Lipinski definition) is 0. The van der Waals surface area contributed by atoms with Gasteiger partial charge in [-0.05, 0) is 6.42 Å². The molecule has 3 heteroatoms. The topological polar surface area (TPSA) is 51.2 Å². The van der Waals surface area contributed by atoms with Gasteiger partial charge in [-0.3, -0.25) is 14.4 Å². The van der Waals surface area contributed by atoms with Gasteiger partial charge in [0, 0.05) is 6.42 Å². The van der Waals surface area contributed by atoms with Crippen molar-refractivity contribution < 1.29 is 14.4 Å². The van der Waals surface area contributed by atoms with Crippen molar-refractivity contribution in [1.29, 1.82) is 0 Å². The molecule has 0 heterocycles.